The molecule has 18 heavy (non-hydrogen) atoms. The first-order valence-electron chi connectivity index (χ1n) is 6.74. The molecule has 100 valence electrons. The number of halogens is 2. The van der Waals surface area contributed by atoms with Crippen LogP contribution in [0.15, 0.2) is 18.2 Å². The van der Waals surface area contributed by atoms with Gasteiger partial charge in [0.1, 0.15) is 11.6 Å². The van der Waals surface area contributed by atoms with E-state index in [0.717, 1.165) is 31.6 Å². The minimum absolute atomic E-state index is 0.208. The summed E-state index contributed by atoms with van der Waals surface area (Å²) in [7, 11) is 1.79. The van der Waals surface area contributed by atoms with Gasteiger partial charge in [-0.15, -0.1) is 0 Å². The molecule has 1 nitrogen and oxygen atoms in total. The summed E-state index contributed by atoms with van der Waals surface area (Å²) >= 11 is 0. The Bertz CT molecular complexity index is 377. The number of hydrogen-bond donors (Lipinski definition) is 1. The van der Waals surface area contributed by atoms with Crippen LogP contribution < -0.4 is 5.32 Å². The minimum atomic E-state index is -0.437. The Balaban J connectivity index is 2.23. The smallest absolute Gasteiger partial charge is 0.130 e. The van der Waals surface area contributed by atoms with Gasteiger partial charge in [-0.3, -0.25) is 0 Å². The SMILES string of the molecule is CNC(c1c(F)cccc1F)C1CCC(C)CC1. The Hall–Kier alpha value is -0.960. The predicted octanol–water partition coefficient (Wildman–Crippen LogP) is 4.05. The van der Waals surface area contributed by atoms with Gasteiger partial charge in [0.05, 0.1) is 0 Å². The second kappa shape index (κ2) is 5.79. The first-order chi connectivity index (χ1) is 8.63. The standard InChI is InChI=1S/C15H21F2N/c1-10-6-8-11(9-7-10)15(18-2)14-12(16)4-3-5-13(14)17/h3-5,10-11,15,18H,6-9H2,1-2H3. The highest BCUT2D eigenvalue weighted by molar-refractivity contribution is 5.24. The Kier molecular flexibility index (Phi) is 4.33. The molecule has 2 rings (SSSR count). The van der Waals surface area contributed by atoms with Crippen molar-refractivity contribution in [3.63, 3.8) is 0 Å². The van der Waals surface area contributed by atoms with Crippen molar-refractivity contribution < 1.29 is 8.78 Å². The van der Waals surface area contributed by atoms with Crippen LogP contribution in [0.25, 0.3) is 0 Å². The molecule has 0 aliphatic heterocycles. The highest BCUT2D eigenvalue weighted by Crippen LogP contribution is 2.38. The van der Waals surface area contributed by atoms with Gasteiger partial charge in [0, 0.05) is 11.6 Å². The lowest BCUT2D eigenvalue weighted by Crippen LogP contribution is -2.30. The Labute approximate surface area is 108 Å². The molecule has 1 aromatic rings. The zero-order valence-electron chi connectivity index (χ0n) is 11.0. The molecule has 1 saturated carbocycles. The molecule has 0 saturated heterocycles. The molecule has 0 spiro atoms. The highest BCUT2D eigenvalue weighted by Gasteiger charge is 2.29. The molecule has 1 unspecified atom stereocenters. The summed E-state index contributed by atoms with van der Waals surface area (Å²) in [6, 6.07) is 3.89. The Morgan fingerprint density at radius 2 is 1.67 bits per heavy atom. The summed E-state index contributed by atoms with van der Waals surface area (Å²) in [6.07, 6.45) is 4.39. The van der Waals surface area contributed by atoms with Gasteiger partial charge in [-0.2, -0.15) is 0 Å². The predicted molar refractivity (Wildman–Crippen MR) is 69.3 cm³/mol. The van der Waals surface area contributed by atoms with Crippen LogP contribution in [0.2, 0.25) is 0 Å². The van der Waals surface area contributed by atoms with E-state index in [1.54, 1.807) is 7.05 Å². The van der Waals surface area contributed by atoms with Crippen molar-refractivity contribution in [1.29, 1.82) is 0 Å². The van der Waals surface area contributed by atoms with Gasteiger partial charge in [-0.1, -0.05) is 25.8 Å². The van der Waals surface area contributed by atoms with E-state index in [2.05, 4.69) is 12.2 Å². The third kappa shape index (κ3) is 2.72. The second-order valence-electron chi connectivity index (χ2n) is 5.42. The Morgan fingerprint density at radius 3 is 2.17 bits per heavy atom. The van der Waals surface area contributed by atoms with Crippen molar-refractivity contribution in [3.8, 4) is 0 Å². The van der Waals surface area contributed by atoms with Crippen LogP contribution in [0.4, 0.5) is 8.78 Å². The molecule has 0 radical (unpaired) electrons. The summed E-state index contributed by atoms with van der Waals surface area (Å²) in [5.74, 6) is 0.197. The van der Waals surface area contributed by atoms with Crippen molar-refractivity contribution in [2.24, 2.45) is 11.8 Å². The van der Waals surface area contributed by atoms with Crippen molar-refractivity contribution in [1.82, 2.24) is 5.32 Å². The van der Waals surface area contributed by atoms with Gasteiger partial charge in [-0.25, -0.2) is 8.78 Å². The molecular formula is C15H21F2N. The molecule has 1 aliphatic carbocycles. The molecule has 1 fully saturated rings. The minimum Gasteiger partial charge on any atom is -0.313 e. The highest BCUT2D eigenvalue weighted by atomic mass is 19.1. The zero-order valence-corrected chi connectivity index (χ0v) is 11.0. The number of nitrogens with one attached hydrogen (secondary N) is 1. The summed E-state index contributed by atoms with van der Waals surface area (Å²) < 4.78 is 27.7. The lowest BCUT2D eigenvalue weighted by Gasteiger charge is -2.33. The first-order valence-corrected chi connectivity index (χ1v) is 6.74. The van der Waals surface area contributed by atoms with Gasteiger partial charge >= 0.3 is 0 Å². The largest absolute Gasteiger partial charge is 0.313 e. The van der Waals surface area contributed by atoms with Crippen molar-refractivity contribution in [3.05, 3.63) is 35.4 Å². The normalized spacial score (nSPS) is 26.0. The molecule has 0 bridgehead atoms. The Morgan fingerprint density at radius 1 is 1.11 bits per heavy atom. The molecule has 3 heteroatoms. The summed E-state index contributed by atoms with van der Waals surface area (Å²) in [4.78, 5) is 0. The van der Waals surface area contributed by atoms with E-state index in [1.165, 1.54) is 18.2 Å². The molecule has 1 aliphatic rings. The van der Waals surface area contributed by atoms with Crippen LogP contribution in [-0.2, 0) is 0 Å². The van der Waals surface area contributed by atoms with Gasteiger partial charge in [0.25, 0.3) is 0 Å². The molecule has 0 heterocycles. The first kappa shape index (κ1) is 13.5. The topological polar surface area (TPSA) is 12.0 Å². The van der Waals surface area contributed by atoms with Crippen molar-refractivity contribution >= 4 is 0 Å². The summed E-state index contributed by atoms with van der Waals surface area (Å²) in [6.45, 7) is 2.24. The fourth-order valence-corrected chi connectivity index (χ4v) is 3.04. The van der Waals surface area contributed by atoms with Gasteiger partial charge in [-0.05, 0) is 43.9 Å². The van der Waals surface area contributed by atoms with Crippen molar-refractivity contribution in [2.75, 3.05) is 7.05 Å². The monoisotopic (exact) mass is 253 g/mol. The fourth-order valence-electron chi connectivity index (χ4n) is 3.04. The van der Waals surface area contributed by atoms with Crippen LogP contribution in [-0.4, -0.2) is 7.05 Å². The van der Waals surface area contributed by atoms with Crippen LogP contribution in [0.3, 0.4) is 0 Å². The van der Waals surface area contributed by atoms with Crippen LogP contribution >= 0.6 is 0 Å². The van der Waals surface area contributed by atoms with E-state index in [9.17, 15) is 8.78 Å². The van der Waals surface area contributed by atoms with E-state index in [4.69, 9.17) is 0 Å². The quantitative estimate of drug-likeness (QED) is 0.857. The van der Waals surface area contributed by atoms with E-state index < -0.39 is 11.6 Å². The fraction of sp³-hybridized carbons (Fsp3) is 0.600. The summed E-state index contributed by atoms with van der Waals surface area (Å²) in [5.41, 5.74) is 0.208. The lowest BCUT2D eigenvalue weighted by molar-refractivity contribution is 0.231. The zero-order chi connectivity index (χ0) is 13.1. The van der Waals surface area contributed by atoms with Crippen LogP contribution in [0, 0.1) is 23.5 Å². The van der Waals surface area contributed by atoms with Gasteiger partial charge in [0.15, 0.2) is 0 Å². The number of rotatable bonds is 3. The molecule has 1 atom stereocenters. The molecule has 0 amide bonds. The maximum Gasteiger partial charge on any atom is 0.130 e. The lowest BCUT2D eigenvalue weighted by atomic mass is 9.77. The van der Waals surface area contributed by atoms with Crippen LogP contribution in [0.5, 0.6) is 0 Å². The van der Waals surface area contributed by atoms with Crippen LogP contribution in [0.1, 0.15) is 44.2 Å². The average Bonchev–Trinajstić information content (AvgIpc) is 2.35. The second-order valence-corrected chi connectivity index (χ2v) is 5.42. The van der Waals surface area contributed by atoms with E-state index in [-0.39, 0.29) is 11.6 Å². The molecule has 1 N–H and O–H groups in total. The van der Waals surface area contributed by atoms with E-state index in [1.807, 2.05) is 0 Å². The molecular weight excluding hydrogens is 232 g/mol. The maximum atomic E-state index is 13.8. The molecule has 1 aromatic carbocycles. The molecule has 0 aromatic heterocycles. The van der Waals surface area contributed by atoms with Gasteiger partial charge < -0.3 is 5.32 Å². The third-order valence-electron chi connectivity index (χ3n) is 4.15. The maximum absolute atomic E-state index is 13.8. The summed E-state index contributed by atoms with van der Waals surface area (Å²) in [5, 5.41) is 3.10. The average molecular weight is 253 g/mol. The van der Waals surface area contributed by atoms with E-state index >= 15 is 0 Å². The van der Waals surface area contributed by atoms with E-state index in [0.29, 0.717) is 5.92 Å². The van der Waals surface area contributed by atoms with Gasteiger partial charge in [0.2, 0.25) is 0 Å². The van der Waals surface area contributed by atoms with Crippen molar-refractivity contribution in [2.45, 2.75) is 38.6 Å². The third-order valence-corrected chi connectivity index (χ3v) is 4.15. The number of benzene rings is 1. The number of hydrogen-bond acceptors (Lipinski definition) is 1.